The molecule has 0 saturated heterocycles. The summed E-state index contributed by atoms with van der Waals surface area (Å²) >= 11 is 5.43. The van der Waals surface area contributed by atoms with Crippen molar-refractivity contribution < 1.29 is 13.2 Å². The summed E-state index contributed by atoms with van der Waals surface area (Å²) in [7, 11) is 0. The fourth-order valence-corrected chi connectivity index (χ4v) is 1.13. The van der Waals surface area contributed by atoms with Crippen LogP contribution in [0.1, 0.15) is 26.2 Å². The van der Waals surface area contributed by atoms with Crippen molar-refractivity contribution in [2.24, 2.45) is 5.92 Å². The van der Waals surface area contributed by atoms with Gasteiger partial charge < -0.3 is 0 Å². The zero-order chi connectivity index (χ0) is 8.91. The van der Waals surface area contributed by atoms with Crippen LogP contribution >= 0.6 is 11.6 Å². The Morgan fingerprint density at radius 1 is 1.36 bits per heavy atom. The molecule has 0 aliphatic heterocycles. The molecular formula is C7H12ClF3. The second-order valence-electron chi connectivity index (χ2n) is 2.58. The summed E-state index contributed by atoms with van der Waals surface area (Å²) in [5.41, 5.74) is 0. The summed E-state index contributed by atoms with van der Waals surface area (Å²) in [6.07, 6.45) is -3.86. The first kappa shape index (κ1) is 11.1. The molecule has 0 fully saturated rings. The van der Waals surface area contributed by atoms with Gasteiger partial charge in [-0.15, -0.1) is 11.6 Å². The summed E-state index contributed by atoms with van der Waals surface area (Å²) in [6, 6.07) is 0. The number of hydrogen-bond donors (Lipinski definition) is 0. The molecule has 0 saturated carbocycles. The van der Waals surface area contributed by atoms with Gasteiger partial charge in [-0.05, 0) is 12.3 Å². The van der Waals surface area contributed by atoms with E-state index >= 15 is 0 Å². The lowest BCUT2D eigenvalue weighted by Crippen LogP contribution is -2.11. The minimum Gasteiger partial charge on any atom is -0.171 e. The van der Waals surface area contributed by atoms with Crippen molar-refractivity contribution in [2.45, 2.75) is 32.4 Å². The van der Waals surface area contributed by atoms with E-state index in [1.807, 2.05) is 6.92 Å². The Balaban J connectivity index is 3.51. The van der Waals surface area contributed by atoms with Crippen LogP contribution in [0.2, 0.25) is 0 Å². The van der Waals surface area contributed by atoms with Crippen molar-refractivity contribution in [3.8, 4) is 0 Å². The van der Waals surface area contributed by atoms with Crippen LogP contribution in [-0.4, -0.2) is 12.1 Å². The highest BCUT2D eigenvalue weighted by Crippen LogP contribution is 2.25. The van der Waals surface area contributed by atoms with Crippen LogP contribution in [0.15, 0.2) is 0 Å². The van der Waals surface area contributed by atoms with Gasteiger partial charge in [0.05, 0.1) is 0 Å². The highest BCUT2D eigenvalue weighted by atomic mass is 35.5. The van der Waals surface area contributed by atoms with Crippen LogP contribution in [0, 0.1) is 5.92 Å². The molecule has 1 atom stereocenters. The molecule has 0 aliphatic rings. The summed E-state index contributed by atoms with van der Waals surface area (Å²) in [5.74, 6) is 0.338. The van der Waals surface area contributed by atoms with Crippen LogP contribution in [-0.2, 0) is 0 Å². The molecule has 0 nitrogen and oxygen atoms in total. The lowest BCUT2D eigenvalue weighted by Gasteiger charge is -2.12. The molecule has 1 unspecified atom stereocenters. The van der Waals surface area contributed by atoms with Crippen LogP contribution in [0.3, 0.4) is 0 Å². The van der Waals surface area contributed by atoms with Gasteiger partial charge in [0.1, 0.15) is 0 Å². The van der Waals surface area contributed by atoms with Crippen molar-refractivity contribution >= 4 is 11.6 Å². The van der Waals surface area contributed by atoms with Crippen molar-refractivity contribution in [3.63, 3.8) is 0 Å². The van der Waals surface area contributed by atoms with Crippen molar-refractivity contribution in [1.82, 2.24) is 0 Å². The lowest BCUT2D eigenvalue weighted by molar-refractivity contribution is -0.137. The molecular weight excluding hydrogens is 177 g/mol. The van der Waals surface area contributed by atoms with Gasteiger partial charge in [-0.3, -0.25) is 0 Å². The second kappa shape index (κ2) is 4.86. The molecule has 4 heteroatoms. The van der Waals surface area contributed by atoms with Crippen LogP contribution in [0.25, 0.3) is 0 Å². The Kier molecular flexibility index (Phi) is 4.89. The van der Waals surface area contributed by atoms with Crippen LogP contribution < -0.4 is 0 Å². The minimum absolute atomic E-state index is 0.0123. The predicted molar refractivity (Wildman–Crippen MR) is 39.8 cm³/mol. The van der Waals surface area contributed by atoms with Crippen molar-refractivity contribution in [3.05, 3.63) is 0 Å². The van der Waals surface area contributed by atoms with Gasteiger partial charge in [-0.1, -0.05) is 13.3 Å². The second-order valence-corrected chi connectivity index (χ2v) is 2.89. The Morgan fingerprint density at radius 3 is 2.18 bits per heavy atom. The number of hydrogen-bond acceptors (Lipinski definition) is 0. The highest BCUT2D eigenvalue weighted by Gasteiger charge is 2.27. The van der Waals surface area contributed by atoms with Gasteiger partial charge in [-0.2, -0.15) is 13.2 Å². The van der Waals surface area contributed by atoms with E-state index in [4.69, 9.17) is 11.6 Å². The van der Waals surface area contributed by atoms with E-state index < -0.39 is 12.6 Å². The summed E-state index contributed by atoms with van der Waals surface area (Å²) < 4.78 is 34.9. The van der Waals surface area contributed by atoms with Gasteiger partial charge in [0.15, 0.2) is 0 Å². The number of halogens is 4. The van der Waals surface area contributed by atoms with Gasteiger partial charge in [-0.25, -0.2) is 0 Å². The zero-order valence-electron chi connectivity index (χ0n) is 6.42. The maximum Gasteiger partial charge on any atom is 0.389 e. The molecule has 0 bridgehead atoms. The van der Waals surface area contributed by atoms with Gasteiger partial charge in [0.25, 0.3) is 0 Å². The topological polar surface area (TPSA) is 0 Å². The lowest BCUT2D eigenvalue weighted by atomic mass is 10.0. The monoisotopic (exact) mass is 188 g/mol. The third-order valence-electron chi connectivity index (χ3n) is 1.63. The molecule has 0 aromatic heterocycles. The first-order valence-electron chi connectivity index (χ1n) is 3.62. The SMILES string of the molecule is CCC(CCl)CCC(F)(F)F. The number of rotatable bonds is 4. The van der Waals surface area contributed by atoms with Crippen molar-refractivity contribution in [1.29, 1.82) is 0 Å². The van der Waals surface area contributed by atoms with Crippen LogP contribution in [0.5, 0.6) is 0 Å². The van der Waals surface area contributed by atoms with E-state index in [1.165, 1.54) is 0 Å². The molecule has 0 aliphatic carbocycles. The maximum atomic E-state index is 11.6. The summed E-state index contributed by atoms with van der Waals surface area (Å²) in [4.78, 5) is 0. The standard InChI is InChI=1S/C7H12ClF3/c1-2-6(5-8)3-4-7(9,10)11/h6H,2-5H2,1H3. The van der Waals surface area contributed by atoms with E-state index in [9.17, 15) is 13.2 Å². The van der Waals surface area contributed by atoms with Gasteiger partial charge in [0, 0.05) is 12.3 Å². The molecule has 0 heterocycles. The Labute approximate surface area is 69.7 Å². The van der Waals surface area contributed by atoms with Gasteiger partial charge in [0.2, 0.25) is 0 Å². The molecule has 0 radical (unpaired) electrons. The quantitative estimate of drug-likeness (QED) is 0.592. The normalized spacial score (nSPS) is 15.0. The smallest absolute Gasteiger partial charge is 0.171 e. The predicted octanol–water partition coefficient (Wildman–Crippen LogP) is 3.59. The van der Waals surface area contributed by atoms with E-state index in [1.54, 1.807) is 0 Å². The number of alkyl halides is 4. The van der Waals surface area contributed by atoms with Gasteiger partial charge >= 0.3 is 6.18 Å². The van der Waals surface area contributed by atoms with E-state index in [0.717, 1.165) is 6.42 Å². The molecule has 0 amide bonds. The molecule has 11 heavy (non-hydrogen) atoms. The first-order valence-corrected chi connectivity index (χ1v) is 4.15. The third kappa shape index (κ3) is 6.48. The molecule has 0 spiro atoms. The third-order valence-corrected chi connectivity index (χ3v) is 2.07. The van der Waals surface area contributed by atoms with E-state index in [-0.39, 0.29) is 12.3 Å². The molecule has 0 N–H and O–H groups in total. The average molecular weight is 189 g/mol. The first-order chi connectivity index (χ1) is 4.99. The minimum atomic E-state index is -4.03. The van der Waals surface area contributed by atoms with Crippen molar-refractivity contribution in [2.75, 3.05) is 5.88 Å². The molecule has 0 aromatic carbocycles. The van der Waals surface area contributed by atoms with Crippen LogP contribution in [0.4, 0.5) is 13.2 Å². The van der Waals surface area contributed by atoms with E-state index in [2.05, 4.69) is 0 Å². The Morgan fingerprint density at radius 2 is 1.91 bits per heavy atom. The summed E-state index contributed by atoms with van der Waals surface area (Å²) in [6.45, 7) is 1.85. The Hall–Kier alpha value is 0.0800. The molecule has 0 rings (SSSR count). The fraction of sp³-hybridized carbons (Fsp3) is 1.00. The van der Waals surface area contributed by atoms with E-state index in [0.29, 0.717) is 5.88 Å². The highest BCUT2D eigenvalue weighted by molar-refractivity contribution is 6.18. The molecule has 0 aromatic rings. The maximum absolute atomic E-state index is 11.6. The fourth-order valence-electron chi connectivity index (χ4n) is 0.758. The molecule has 68 valence electrons. The Bertz CT molecular complexity index is 96.3. The average Bonchev–Trinajstić information content (AvgIpc) is 1.88. The summed E-state index contributed by atoms with van der Waals surface area (Å²) in [5, 5.41) is 0. The largest absolute Gasteiger partial charge is 0.389 e. The zero-order valence-corrected chi connectivity index (χ0v) is 7.17.